The average molecular weight is 170 g/mol. The molecule has 0 aliphatic heterocycles. The van der Waals surface area contributed by atoms with E-state index in [2.05, 4.69) is 21.8 Å². The van der Waals surface area contributed by atoms with Crippen LogP contribution >= 0.6 is 0 Å². The molecular formula is C6H14N6. The van der Waals surface area contributed by atoms with E-state index in [1.54, 1.807) is 14.1 Å². The second-order valence-corrected chi connectivity index (χ2v) is 2.05. The Morgan fingerprint density at radius 2 is 2.08 bits per heavy atom. The van der Waals surface area contributed by atoms with Crippen LogP contribution in [0.3, 0.4) is 0 Å². The summed E-state index contributed by atoms with van der Waals surface area (Å²) in [5, 5.41) is 5.15. The first-order chi connectivity index (χ1) is 5.61. The Balaban J connectivity index is 4.20. The molecule has 0 aromatic rings. The Bertz CT molecular complexity index is 202. The quantitative estimate of drug-likeness (QED) is 0.318. The van der Waals surface area contributed by atoms with Gasteiger partial charge in [-0.15, -0.1) is 0 Å². The van der Waals surface area contributed by atoms with Gasteiger partial charge in [-0.1, -0.05) is 0 Å². The number of amidine groups is 1. The summed E-state index contributed by atoms with van der Waals surface area (Å²) >= 11 is 0. The topological polar surface area (TPSA) is 92.4 Å². The summed E-state index contributed by atoms with van der Waals surface area (Å²) < 4.78 is 0. The number of hydrogen-bond donors (Lipinski definition) is 2. The lowest BCUT2D eigenvalue weighted by Gasteiger charge is -2.12. The number of nitrogens with zero attached hydrogens (tertiary/aromatic N) is 4. The first-order valence-corrected chi connectivity index (χ1v) is 3.33. The van der Waals surface area contributed by atoms with Gasteiger partial charge in [-0.25, -0.2) is 4.99 Å². The van der Waals surface area contributed by atoms with Gasteiger partial charge in [-0.3, -0.25) is 10.0 Å². The number of hydrogen-bond acceptors (Lipinski definition) is 3. The van der Waals surface area contributed by atoms with Gasteiger partial charge >= 0.3 is 0 Å². The van der Waals surface area contributed by atoms with E-state index in [0.29, 0.717) is 12.4 Å². The van der Waals surface area contributed by atoms with Crippen LogP contribution in [-0.4, -0.2) is 44.2 Å². The molecule has 0 bridgehead atoms. The standard InChI is InChI=1S/C6H14N6/c1-9-5(12(3)10-2)4-11-6(7)8/h2,4H2,1,3H3,(H4,7,8,11). The maximum Gasteiger partial charge on any atom is 0.186 e. The van der Waals surface area contributed by atoms with Gasteiger partial charge in [0.1, 0.15) is 12.4 Å². The van der Waals surface area contributed by atoms with Gasteiger partial charge in [-0.2, -0.15) is 5.10 Å². The second-order valence-electron chi connectivity index (χ2n) is 2.05. The molecule has 0 heterocycles. The summed E-state index contributed by atoms with van der Waals surface area (Å²) in [6, 6.07) is 0. The highest BCUT2D eigenvalue weighted by Gasteiger charge is 2.00. The molecule has 0 fully saturated rings. The number of aliphatic imine (C=N–C) groups is 2. The first-order valence-electron chi connectivity index (χ1n) is 3.33. The van der Waals surface area contributed by atoms with Crippen LogP contribution in [0.2, 0.25) is 0 Å². The zero-order valence-electron chi connectivity index (χ0n) is 7.36. The van der Waals surface area contributed by atoms with E-state index in [9.17, 15) is 0 Å². The van der Waals surface area contributed by atoms with Crippen molar-refractivity contribution in [2.75, 3.05) is 20.6 Å². The zero-order chi connectivity index (χ0) is 9.56. The van der Waals surface area contributed by atoms with Crippen LogP contribution in [0, 0.1) is 0 Å². The maximum absolute atomic E-state index is 5.15. The minimum Gasteiger partial charge on any atom is -0.370 e. The molecule has 0 saturated carbocycles. The van der Waals surface area contributed by atoms with Crippen LogP contribution in [0.25, 0.3) is 0 Å². The SMILES string of the molecule is C=NN(C)C(CN=C(N)N)=NC. The molecule has 0 amide bonds. The highest BCUT2D eigenvalue weighted by Crippen LogP contribution is 1.88. The van der Waals surface area contributed by atoms with Crippen molar-refractivity contribution in [2.24, 2.45) is 26.6 Å². The fraction of sp³-hybridized carbons (Fsp3) is 0.500. The van der Waals surface area contributed by atoms with Crippen molar-refractivity contribution in [3.63, 3.8) is 0 Å². The molecule has 0 aromatic heterocycles. The normalized spacial score (nSPS) is 10.7. The van der Waals surface area contributed by atoms with E-state index < -0.39 is 0 Å². The summed E-state index contributed by atoms with van der Waals surface area (Å²) in [6.07, 6.45) is 0. The van der Waals surface area contributed by atoms with Gasteiger partial charge in [0.05, 0.1) is 0 Å². The van der Waals surface area contributed by atoms with Crippen molar-refractivity contribution < 1.29 is 0 Å². The van der Waals surface area contributed by atoms with Gasteiger partial charge in [0.15, 0.2) is 5.96 Å². The summed E-state index contributed by atoms with van der Waals surface area (Å²) in [5.74, 6) is 0.687. The molecule has 0 radical (unpaired) electrons. The fourth-order valence-corrected chi connectivity index (χ4v) is 0.561. The Morgan fingerprint density at radius 3 is 2.42 bits per heavy atom. The molecule has 0 atom stereocenters. The molecule has 4 N–H and O–H groups in total. The molecular weight excluding hydrogens is 156 g/mol. The third-order valence-corrected chi connectivity index (χ3v) is 1.25. The molecule has 68 valence electrons. The monoisotopic (exact) mass is 170 g/mol. The van der Waals surface area contributed by atoms with Gasteiger partial charge in [0, 0.05) is 20.8 Å². The molecule has 6 heteroatoms. The number of hydrazone groups is 1. The van der Waals surface area contributed by atoms with E-state index >= 15 is 0 Å². The van der Waals surface area contributed by atoms with Crippen molar-refractivity contribution in [1.82, 2.24) is 5.01 Å². The molecule has 0 unspecified atom stereocenters. The van der Waals surface area contributed by atoms with E-state index in [-0.39, 0.29) is 5.96 Å². The average Bonchev–Trinajstić information content (AvgIpc) is 2.04. The predicted octanol–water partition coefficient (Wildman–Crippen LogP) is -1.16. The Morgan fingerprint density at radius 1 is 1.50 bits per heavy atom. The van der Waals surface area contributed by atoms with Crippen molar-refractivity contribution in [2.45, 2.75) is 0 Å². The van der Waals surface area contributed by atoms with Crippen LogP contribution in [0.15, 0.2) is 15.1 Å². The third-order valence-electron chi connectivity index (χ3n) is 1.25. The maximum atomic E-state index is 5.15. The van der Waals surface area contributed by atoms with E-state index in [1.165, 1.54) is 5.01 Å². The van der Waals surface area contributed by atoms with Crippen LogP contribution in [-0.2, 0) is 0 Å². The number of likely N-dealkylation sites (N-methyl/N-ethyl adjacent to an activating group) is 1. The Kier molecular flexibility index (Phi) is 4.43. The minimum absolute atomic E-state index is 0.0358. The molecule has 0 saturated heterocycles. The van der Waals surface area contributed by atoms with Gasteiger partial charge in [0.2, 0.25) is 0 Å². The largest absolute Gasteiger partial charge is 0.370 e. The lowest BCUT2D eigenvalue weighted by molar-refractivity contribution is 0.540. The highest BCUT2D eigenvalue weighted by atomic mass is 15.5. The van der Waals surface area contributed by atoms with Crippen molar-refractivity contribution in [3.8, 4) is 0 Å². The van der Waals surface area contributed by atoms with Crippen molar-refractivity contribution >= 4 is 18.5 Å². The van der Waals surface area contributed by atoms with Crippen LogP contribution < -0.4 is 11.5 Å². The fourth-order valence-electron chi connectivity index (χ4n) is 0.561. The van der Waals surface area contributed by atoms with Gasteiger partial charge in [-0.05, 0) is 0 Å². The molecule has 0 aromatic carbocycles. The van der Waals surface area contributed by atoms with Crippen molar-refractivity contribution in [1.29, 1.82) is 0 Å². The number of rotatable bonds is 3. The summed E-state index contributed by atoms with van der Waals surface area (Å²) in [6.45, 7) is 3.65. The Labute approximate surface area is 71.7 Å². The molecule has 12 heavy (non-hydrogen) atoms. The van der Waals surface area contributed by atoms with E-state index in [1.807, 2.05) is 0 Å². The minimum atomic E-state index is 0.0358. The molecule has 0 spiro atoms. The smallest absolute Gasteiger partial charge is 0.186 e. The summed E-state index contributed by atoms with van der Waals surface area (Å²) in [5.41, 5.74) is 10.3. The second kappa shape index (κ2) is 5.11. The van der Waals surface area contributed by atoms with Crippen LogP contribution in [0.5, 0.6) is 0 Å². The number of guanidine groups is 1. The number of nitrogens with two attached hydrogens (primary N) is 2. The van der Waals surface area contributed by atoms with E-state index in [0.717, 1.165) is 0 Å². The lowest BCUT2D eigenvalue weighted by Crippen LogP contribution is -2.28. The van der Waals surface area contributed by atoms with Crippen LogP contribution in [0.4, 0.5) is 0 Å². The summed E-state index contributed by atoms with van der Waals surface area (Å²) in [7, 11) is 3.36. The van der Waals surface area contributed by atoms with Crippen molar-refractivity contribution in [3.05, 3.63) is 0 Å². The highest BCUT2D eigenvalue weighted by molar-refractivity contribution is 5.86. The molecule has 0 aliphatic carbocycles. The molecule has 0 aliphatic rings. The lowest BCUT2D eigenvalue weighted by atomic mass is 10.5. The predicted molar refractivity (Wildman–Crippen MR) is 51.3 cm³/mol. The first kappa shape index (κ1) is 10.4. The molecule has 6 nitrogen and oxygen atoms in total. The summed E-state index contributed by atoms with van der Waals surface area (Å²) in [4.78, 5) is 7.70. The van der Waals surface area contributed by atoms with Gasteiger partial charge < -0.3 is 11.5 Å². The zero-order valence-corrected chi connectivity index (χ0v) is 7.36. The van der Waals surface area contributed by atoms with E-state index in [4.69, 9.17) is 11.5 Å². The van der Waals surface area contributed by atoms with Gasteiger partial charge in [0.25, 0.3) is 0 Å². The Hall–Kier alpha value is -1.59. The molecule has 0 rings (SSSR count). The third kappa shape index (κ3) is 3.55. The van der Waals surface area contributed by atoms with Crippen LogP contribution in [0.1, 0.15) is 0 Å².